The minimum Gasteiger partial charge on any atom is -0.472 e. The first-order valence-electron chi connectivity index (χ1n) is 13.8. The van der Waals surface area contributed by atoms with Gasteiger partial charge in [-0.1, -0.05) is 12.1 Å². The van der Waals surface area contributed by atoms with E-state index in [1.807, 2.05) is 6.07 Å². The number of ether oxygens (including phenoxy) is 3. The number of nitrogens with zero attached hydrogens (tertiary/aromatic N) is 3. The third-order valence-corrected chi connectivity index (χ3v) is 7.11. The van der Waals surface area contributed by atoms with Crippen molar-refractivity contribution in [1.82, 2.24) is 9.78 Å². The van der Waals surface area contributed by atoms with Gasteiger partial charge in [-0.15, -0.1) is 5.10 Å². The third-order valence-electron chi connectivity index (χ3n) is 7.11. The fourth-order valence-corrected chi connectivity index (χ4v) is 4.60. The molecule has 1 aromatic heterocycles. The summed E-state index contributed by atoms with van der Waals surface area (Å²) in [5.74, 6) is -1.92. The van der Waals surface area contributed by atoms with Crippen molar-refractivity contribution in [3.05, 3.63) is 100 Å². The van der Waals surface area contributed by atoms with E-state index in [9.17, 15) is 14.0 Å². The van der Waals surface area contributed by atoms with Crippen LogP contribution in [0.2, 0.25) is 0 Å². The highest BCUT2D eigenvalue weighted by atomic mass is 19.1. The van der Waals surface area contributed by atoms with Gasteiger partial charge < -0.3 is 24.8 Å². The molecule has 12 heteroatoms. The molecule has 0 bridgehead atoms. The number of amides is 1. The minimum atomic E-state index is -0.597. The van der Waals surface area contributed by atoms with E-state index < -0.39 is 23.5 Å². The van der Waals surface area contributed by atoms with Gasteiger partial charge in [0.25, 0.3) is 0 Å². The molecule has 1 aliphatic heterocycles. The molecule has 0 unspecified atom stereocenters. The Hall–Kier alpha value is -5.28. The van der Waals surface area contributed by atoms with Gasteiger partial charge in [-0.2, -0.15) is 5.26 Å². The molecule has 1 aliphatic rings. The predicted octanol–water partition coefficient (Wildman–Crippen LogP) is 5.08. The molecule has 0 spiro atoms. The van der Waals surface area contributed by atoms with Crippen LogP contribution in [0.4, 0.5) is 20.2 Å². The van der Waals surface area contributed by atoms with Crippen molar-refractivity contribution in [2.24, 2.45) is 0 Å². The Balaban J connectivity index is 1.25. The minimum absolute atomic E-state index is 0.0406. The summed E-state index contributed by atoms with van der Waals surface area (Å²) in [4.78, 5) is 25.0. The van der Waals surface area contributed by atoms with Gasteiger partial charge in [0, 0.05) is 37.0 Å². The highest BCUT2D eigenvalue weighted by Crippen LogP contribution is 2.26. The van der Waals surface area contributed by atoms with Crippen molar-refractivity contribution < 1.29 is 32.6 Å². The second kappa shape index (κ2) is 13.4. The molecule has 1 saturated heterocycles. The smallest absolute Gasteiger partial charge is 0.337 e. The van der Waals surface area contributed by atoms with E-state index in [0.717, 1.165) is 12.5 Å². The Morgan fingerprint density at radius 2 is 1.89 bits per heavy atom. The van der Waals surface area contributed by atoms with E-state index in [0.29, 0.717) is 41.3 Å². The lowest BCUT2D eigenvalue weighted by atomic mass is 10.1. The monoisotopic (exact) mass is 601 g/mol. The maximum Gasteiger partial charge on any atom is 0.337 e. The highest BCUT2D eigenvalue weighted by Gasteiger charge is 2.20. The number of hydrogen-bond acceptors (Lipinski definition) is 8. The third kappa shape index (κ3) is 7.02. The van der Waals surface area contributed by atoms with Crippen molar-refractivity contribution in [3.63, 3.8) is 0 Å². The molecule has 2 N–H and O–H groups in total. The zero-order chi connectivity index (χ0) is 31.2. The number of nitrogens with one attached hydrogen (secondary N) is 2. The first-order valence-corrected chi connectivity index (χ1v) is 13.8. The molecular formula is C32H29F2N5O5. The molecule has 0 radical (unpaired) electrons. The Kier molecular flexibility index (Phi) is 9.16. The summed E-state index contributed by atoms with van der Waals surface area (Å²) in [6.07, 6.45) is 2.30. The number of carbonyl (C=O) groups excluding carboxylic acids is 2. The van der Waals surface area contributed by atoms with Crippen LogP contribution in [-0.2, 0) is 27.3 Å². The van der Waals surface area contributed by atoms with Crippen molar-refractivity contribution >= 4 is 23.3 Å². The van der Waals surface area contributed by atoms with Gasteiger partial charge >= 0.3 is 5.97 Å². The number of rotatable bonds is 11. The maximum atomic E-state index is 15.2. The lowest BCUT2D eigenvalue weighted by molar-refractivity contribution is -0.115. The summed E-state index contributed by atoms with van der Waals surface area (Å²) >= 11 is 0. The summed E-state index contributed by atoms with van der Waals surface area (Å²) in [7, 11) is 1.29. The van der Waals surface area contributed by atoms with Gasteiger partial charge in [-0.05, 0) is 54.8 Å². The van der Waals surface area contributed by atoms with Crippen LogP contribution in [0.3, 0.4) is 0 Å². The number of nitriles is 1. The standard InChI is InChI=1S/C32H29F2N5O5/c1-19-11-23(14-30(40)37-27-6-5-21(32(41)42-2)13-28(27)36-17-24-8-10-43-24)26(34)15-29(19)39-9-7-31(38-39)44-18-22-4-3-20(16-35)12-25(22)33/h3-7,9,11-13,15,24,36H,8,10,14,17-18H2,1-2H3,(H,37,40)/t24-/m0/s1. The van der Waals surface area contributed by atoms with Crippen molar-refractivity contribution in [1.29, 1.82) is 5.26 Å². The van der Waals surface area contributed by atoms with E-state index in [1.165, 1.54) is 36.1 Å². The maximum absolute atomic E-state index is 15.2. The lowest BCUT2D eigenvalue weighted by Crippen LogP contribution is -2.33. The Morgan fingerprint density at radius 1 is 1.09 bits per heavy atom. The molecule has 1 amide bonds. The fourth-order valence-electron chi connectivity index (χ4n) is 4.60. The Labute approximate surface area is 252 Å². The van der Waals surface area contributed by atoms with Gasteiger partial charge in [-0.3, -0.25) is 4.79 Å². The molecule has 1 atom stereocenters. The van der Waals surface area contributed by atoms with Crippen LogP contribution >= 0.6 is 0 Å². The summed E-state index contributed by atoms with van der Waals surface area (Å²) in [6.45, 7) is 2.85. The average Bonchev–Trinajstić information content (AvgIpc) is 3.46. The predicted molar refractivity (Wildman–Crippen MR) is 157 cm³/mol. The van der Waals surface area contributed by atoms with Crippen LogP contribution in [0, 0.1) is 29.9 Å². The molecule has 4 aromatic rings. The highest BCUT2D eigenvalue weighted by molar-refractivity contribution is 5.98. The van der Waals surface area contributed by atoms with Crippen molar-refractivity contribution in [2.45, 2.75) is 32.5 Å². The molecule has 0 saturated carbocycles. The van der Waals surface area contributed by atoms with Crippen LogP contribution < -0.4 is 15.4 Å². The zero-order valence-electron chi connectivity index (χ0n) is 24.0. The van der Waals surface area contributed by atoms with Crippen LogP contribution in [0.15, 0.2) is 60.8 Å². The van der Waals surface area contributed by atoms with Gasteiger partial charge in [0.15, 0.2) is 0 Å². The average molecular weight is 602 g/mol. The lowest BCUT2D eigenvalue weighted by Gasteiger charge is -2.27. The number of aryl methyl sites for hydroxylation is 1. The van der Waals surface area contributed by atoms with Gasteiger partial charge in [0.05, 0.1) is 53.9 Å². The van der Waals surface area contributed by atoms with Crippen molar-refractivity contribution in [2.75, 3.05) is 30.9 Å². The molecule has 44 heavy (non-hydrogen) atoms. The van der Waals surface area contributed by atoms with Crippen LogP contribution in [-0.4, -0.2) is 48.0 Å². The number of carbonyl (C=O) groups is 2. The number of aromatic nitrogens is 2. The van der Waals surface area contributed by atoms with E-state index in [1.54, 1.807) is 37.4 Å². The van der Waals surface area contributed by atoms with E-state index >= 15 is 4.39 Å². The second-order valence-corrected chi connectivity index (χ2v) is 10.2. The molecular weight excluding hydrogens is 572 g/mol. The van der Waals surface area contributed by atoms with Gasteiger partial charge in [0.1, 0.15) is 18.2 Å². The second-order valence-electron chi connectivity index (χ2n) is 10.2. The first kappa shape index (κ1) is 30.2. The molecule has 2 heterocycles. The van der Waals surface area contributed by atoms with E-state index in [4.69, 9.17) is 19.5 Å². The van der Waals surface area contributed by atoms with E-state index in [-0.39, 0.29) is 41.7 Å². The number of hydrogen-bond donors (Lipinski definition) is 2. The number of benzene rings is 3. The molecule has 1 fully saturated rings. The topological polar surface area (TPSA) is 128 Å². The molecule has 226 valence electrons. The first-order chi connectivity index (χ1) is 21.2. The van der Waals surface area contributed by atoms with E-state index in [2.05, 4.69) is 15.7 Å². The number of halogens is 2. The van der Waals surface area contributed by atoms with Crippen LogP contribution in [0.25, 0.3) is 5.69 Å². The summed E-state index contributed by atoms with van der Waals surface area (Å²) < 4.78 is 46.6. The Morgan fingerprint density at radius 3 is 2.59 bits per heavy atom. The van der Waals surface area contributed by atoms with Crippen LogP contribution in [0.1, 0.15) is 39.0 Å². The number of esters is 1. The molecule has 10 nitrogen and oxygen atoms in total. The molecule has 5 rings (SSSR count). The SMILES string of the molecule is COC(=O)c1ccc(NC(=O)Cc2cc(C)c(-n3ccc(OCc4ccc(C#N)cc4F)n3)cc2F)c(NC[C@@H]2CCO2)c1. The number of methoxy groups -OCH3 is 1. The summed E-state index contributed by atoms with van der Waals surface area (Å²) in [5.41, 5.74) is 3.02. The van der Waals surface area contributed by atoms with Crippen LogP contribution in [0.5, 0.6) is 5.88 Å². The fraction of sp³-hybridized carbons (Fsp3) is 0.250. The quantitative estimate of drug-likeness (QED) is 0.228. The van der Waals surface area contributed by atoms with Gasteiger partial charge in [0.2, 0.25) is 11.8 Å². The number of anilines is 2. The van der Waals surface area contributed by atoms with Gasteiger partial charge in [-0.25, -0.2) is 18.3 Å². The summed E-state index contributed by atoms with van der Waals surface area (Å²) in [6, 6.07) is 15.1. The zero-order valence-corrected chi connectivity index (χ0v) is 24.0. The summed E-state index contributed by atoms with van der Waals surface area (Å²) in [5, 5.41) is 19.2. The molecule has 3 aromatic carbocycles. The molecule has 0 aliphatic carbocycles. The van der Waals surface area contributed by atoms with Crippen molar-refractivity contribution in [3.8, 4) is 17.6 Å². The largest absolute Gasteiger partial charge is 0.472 e. The Bertz CT molecular complexity index is 1750. The normalized spacial score (nSPS) is 13.8.